The predicted molar refractivity (Wildman–Crippen MR) is 95.9 cm³/mol. The number of esters is 1. The lowest BCUT2D eigenvalue weighted by molar-refractivity contribution is -0.119. The van der Waals surface area contributed by atoms with E-state index in [0.29, 0.717) is 11.4 Å². The first-order valence-electron chi connectivity index (χ1n) is 7.61. The minimum absolute atomic E-state index is 0.170. The van der Waals surface area contributed by atoms with Gasteiger partial charge in [0.05, 0.1) is 5.69 Å². The Balaban J connectivity index is 1.65. The van der Waals surface area contributed by atoms with E-state index in [-0.39, 0.29) is 5.15 Å². The highest BCUT2D eigenvalue weighted by Crippen LogP contribution is 2.22. The smallest absolute Gasteiger partial charge is 0.355 e. The molecule has 0 saturated heterocycles. The molecule has 0 spiro atoms. The van der Waals surface area contributed by atoms with Crippen LogP contribution in [0.5, 0.6) is 0 Å². The van der Waals surface area contributed by atoms with Crippen molar-refractivity contribution in [3.05, 3.63) is 58.5 Å². The molecule has 2 N–H and O–H groups in total. The Morgan fingerprint density at radius 3 is 2.84 bits per heavy atom. The van der Waals surface area contributed by atoms with Gasteiger partial charge < -0.3 is 15.0 Å². The van der Waals surface area contributed by atoms with Crippen LogP contribution in [-0.2, 0) is 9.53 Å². The number of carbonyl (C=O) groups excluding carboxylic acids is 2. The Morgan fingerprint density at radius 1 is 1.28 bits per heavy atom. The maximum atomic E-state index is 12.2. The molecule has 25 heavy (non-hydrogen) atoms. The highest BCUT2D eigenvalue weighted by atomic mass is 35.5. The second kappa shape index (κ2) is 6.94. The van der Waals surface area contributed by atoms with Crippen LogP contribution in [0.2, 0.25) is 5.15 Å². The number of H-pyrrole nitrogens is 1. The van der Waals surface area contributed by atoms with E-state index in [9.17, 15) is 9.59 Å². The van der Waals surface area contributed by atoms with Crippen molar-refractivity contribution in [3.8, 4) is 0 Å². The number of aromatic amines is 1. The Labute approximate surface area is 149 Å². The van der Waals surface area contributed by atoms with Crippen LogP contribution in [0, 0.1) is 13.8 Å². The van der Waals surface area contributed by atoms with Crippen molar-refractivity contribution < 1.29 is 14.3 Å². The molecule has 0 unspecified atom stereocenters. The Hall–Kier alpha value is -2.86. The van der Waals surface area contributed by atoms with Crippen molar-refractivity contribution in [2.45, 2.75) is 13.8 Å². The number of nitrogens with zero attached hydrogens (tertiary/aromatic N) is 1. The van der Waals surface area contributed by atoms with Crippen molar-refractivity contribution in [3.63, 3.8) is 0 Å². The van der Waals surface area contributed by atoms with Gasteiger partial charge in [0.1, 0.15) is 5.69 Å². The molecular formula is C18H16ClN3O3. The number of hydrogen-bond acceptors (Lipinski definition) is 4. The fourth-order valence-corrected chi connectivity index (χ4v) is 2.75. The zero-order valence-corrected chi connectivity index (χ0v) is 14.5. The minimum atomic E-state index is -0.597. The molecule has 1 amide bonds. The SMILES string of the molecule is Cc1cc(C)c2cc(C(=O)OCC(=O)Nc3cccnc3Cl)[nH]c2c1. The summed E-state index contributed by atoms with van der Waals surface area (Å²) in [6.45, 7) is 3.54. The van der Waals surface area contributed by atoms with Gasteiger partial charge >= 0.3 is 5.97 Å². The largest absolute Gasteiger partial charge is 0.451 e. The maximum absolute atomic E-state index is 12.2. The first-order valence-corrected chi connectivity index (χ1v) is 7.99. The molecule has 0 bridgehead atoms. The summed E-state index contributed by atoms with van der Waals surface area (Å²) >= 11 is 5.86. The van der Waals surface area contributed by atoms with Gasteiger partial charge in [-0.1, -0.05) is 17.7 Å². The number of anilines is 1. The molecule has 0 saturated carbocycles. The molecule has 7 heteroatoms. The second-order valence-electron chi connectivity index (χ2n) is 5.69. The van der Waals surface area contributed by atoms with Gasteiger partial charge in [-0.25, -0.2) is 9.78 Å². The number of hydrogen-bond donors (Lipinski definition) is 2. The predicted octanol–water partition coefficient (Wildman–Crippen LogP) is 3.63. The van der Waals surface area contributed by atoms with E-state index in [1.165, 1.54) is 6.20 Å². The van der Waals surface area contributed by atoms with E-state index in [4.69, 9.17) is 16.3 Å². The monoisotopic (exact) mass is 357 g/mol. The Morgan fingerprint density at radius 2 is 2.08 bits per heavy atom. The third-order valence-electron chi connectivity index (χ3n) is 3.68. The van der Waals surface area contributed by atoms with E-state index >= 15 is 0 Å². The molecule has 2 aromatic heterocycles. The van der Waals surface area contributed by atoms with Crippen LogP contribution in [0.3, 0.4) is 0 Å². The maximum Gasteiger partial charge on any atom is 0.355 e. The lowest BCUT2D eigenvalue weighted by atomic mass is 10.1. The number of nitrogens with one attached hydrogen (secondary N) is 2. The number of aromatic nitrogens is 2. The van der Waals surface area contributed by atoms with Gasteiger partial charge in [-0.3, -0.25) is 4.79 Å². The summed E-state index contributed by atoms with van der Waals surface area (Å²) in [5.74, 6) is -1.09. The highest BCUT2D eigenvalue weighted by Gasteiger charge is 2.15. The number of benzene rings is 1. The van der Waals surface area contributed by atoms with Crippen molar-refractivity contribution in [2.75, 3.05) is 11.9 Å². The molecule has 0 aliphatic heterocycles. The van der Waals surface area contributed by atoms with Crippen molar-refractivity contribution in [1.82, 2.24) is 9.97 Å². The molecule has 0 fully saturated rings. The van der Waals surface area contributed by atoms with Crippen LogP contribution in [0.15, 0.2) is 36.5 Å². The highest BCUT2D eigenvalue weighted by molar-refractivity contribution is 6.32. The lowest BCUT2D eigenvalue weighted by Gasteiger charge is -2.06. The molecule has 0 atom stereocenters. The van der Waals surface area contributed by atoms with Gasteiger partial charge in [0.2, 0.25) is 0 Å². The van der Waals surface area contributed by atoms with Crippen LogP contribution in [0.1, 0.15) is 21.6 Å². The summed E-state index contributed by atoms with van der Waals surface area (Å²) in [6.07, 6.45) is 1.51. The summed E-state index contributed by atoms with van der Waals surface area (Å²) in [5, 5.41) is 3.66. The quantitative estimate of drug-likeness (QED) is 0.551. The molecule has 128 valence electrons. The average Bonchev–Trinajstić information content (AvgIpc) is 2.99. The molecule has 0 aliphatic carbocycles. The number of halogens is 1. The van der Waals surface area contributed by atoms with Gasteiger partial charge in [-0.2, -0.15) is 0 Å². The number of fused-ring (bicyclic) bond motifs is 1. The third-order valence-corrected chi connectivity index (χ3v) is 3.98. The van der Waals surface area contributed by atoms with Crippen LogP contribution >= 0.6 is 11.6 Å². The van der Waals surface area contributed by atoms with Crippen LogP contribution in [-0.4, -0.2) is 28.5 Å². The number of rotatable bonds is 4. The zero-order chi connectivity index (χ0) is 18.0. The standard InChI is InChI=1S/C18H16ClN3O3/c1-10-6-11(2)12-8-15(21-14(12)7-10)18(24)25-9-16(23)22-13-4-3-5-20-17(13)19/h3-8,21H,9H2,1-2H3,(H,22,23). The molecule has 2 heterocycles. The summed E-state index contributed by atoms with van der Waals surface area (Å²) in [6, 6.07) is 8.97. The van der Waals surface area contributed by atoms with E-state index in [2.05, 4.69) is 15.3 Å². The van der Waals surface area contributed by atoms with Crippen LogP contribution in [0.25, 0.3) is 10.9 Å². The summed E-state index contributed by atoms with van der Waals surface area (Å²) in [7, 11) is 0. The van der Waals surface area contributed by atoms with Crippen molar-refractivity contribution in [2.24, 2.45) is 0 Å². The van der Waals surface area contributed by atoms with Crippen molar-refractivity contribution >= 4 is 40.1 Å². The summed E-state index contributed by atoms with van der Waals surface area (Å²) < 4.78 is 5.06. The lowest BCUT2D eigenvalue weighted by Crippen LogP contribution is -2.21. The molecule has 3 aromatic rings. The molecule has 3 rings (SSSR count). The number of pyridine rings is 1. The van der Waals surface area contributed by atoms with Crippen LogP contribution in [0.4, 0.5) is 5.69 Å². The molecule has 6 nitrogen and oxygen atoms in total. The second-order valence-corrected chi connectivity index (χ2v) is 6.05. The van der Waals surface area contributed by atoms with E-state index in [1.54, 1.807) is 18.2 Å². The number of ether oxygens (including phenoxy) is 1. The molecule has 0 aliphatic rings. The normalized spacial score (nSPS) is 10.7. The van der Waals surface area contributed by atoms with Gasteiger partial charge in [-0.05, 0) is 49.2 Å². The average molecular weight is 358 g/mol. The first kappa shape index (κ1) is 17.0. The summed E-state index contributed by atoms with van der Waals surface area (Å²) in [4.78, 5) is 30.9. The van der Waals surface area contributed by atoms with Gasteiger partial charge in [-0.15, -0.1) is 0 Å². The van der Waals surface area contributed by atoms with Crippen LogP contribution < -0.4 is 5.32 Å². The first-order chi connectivity index (χ1) is 11.9. The van der Waals surface area contributed by atoms with E-state index in [1.807, 2.05) is 26.0 Å². The molecule has 1 aromatic carbocycles. The number of carbonyl (C=O) groups is 2. The summed E-state index contributed by atoms with van der Waals surface area (Å²) in [5.41, 5.74) is 3.68. The van der Waals surface area contributed by atoms with Crippen molar-refractivity contribution in [1.29, 1.82) is 0 Å². The van der Waals surface area contributed by atoms with Gasteiger partial charge in [0.25, 0.3) is 5.91 Å². The number of amides is 1. The topological polar surface area (TPSA) is 84.1 Å². The fraction of sp³-hybridized carbons (Fsp3) is 0.167. The fourth-order valence-electron chi connectivity index (χ4n) is 2.58. The van der Waals surface area contributed by atoms with Gasteiger partial charge in [0, 0.05) is 17.1 Å². The van der Waals surface area contributed by atoms with E-state index in [0.717, 1.165) is 22.0 Å². The van der Waals surface area contributed by atoms with E-state index < -0.39 is 18.5 Å². The van der Waals surface area contributed by atoms with Gasteiger partial charge in [0.15, 0.2) is 11.8 Å². The third kappa shape index (κ3) is 3.80. The Kier molecular flexibility index (Phi) is 4.72. The number of aryl methyl sites for hydroxylation is 2. The Bertz CT molecular complexity index is 965. The molecular weight excluding hydrogens is 342 g/mol. The molecule has 0 radical (unpaired) electrons. The zero-order valence-electron chi connectivity index (χ0n) is 13.7. The minimum Gasteiger partial charge on any atom is -0.451 e.